The second kappa shape index (κ2) is 7.65. The summed E-state index contributed by atoms with van der Waals surface area (Å²) < 4.78 is 5.24. The second-order valence-corrected chi connectivity index (χ2v) is 6.95. The van der Waals surface area contributed by atoms with Crippen molar-refractivity contribution in [1.29, 1.82) is 0 Å². The SMILES string of the molecule is COc1ccc2c(c1)[C@@H](C(=O)NCCCc1scnc1C)CC(=O)N2. The summed E-state index contributed by atoms with van der Waals surface area (Å²) in [7, 11) is 1.58. The lowest BCUT2D eigenvalue weighted by Gasteiger charge is -2.25. The molecule has 0 spiro atoms. The van der Waals surface area contributed by atoms with Crippen molar-refractivity contribution in [2.75, 3.05) is 19.0 Å². The number of anilines is 1. The molecule has 0 aliphatic carbocycles. The van der Waals surface area contributed by atoms with Crippen LogP contribution in [0.15, 0.2) is 23.7 Å². The number of fused-ring (bicyclic) bond motifs is 1. The van der Waals surface area contributed by atoms with Crippen LogP contribution < -0.4 is 15.4 Å². The first-order chi connectivity index (χ1) is 12.1. The van der Waals surface area contributed by atoms with Crippen molar-refractivity contribution in [3.05, 3.63) is 39.8 Å². The van der Waals surface area contributed by atoms with Crippen LogP contribution in [-0.4, -0.2) is 30.5 Å². The third-order valence-electron chi connectivity index (χ3n) is 4.34. The fourth-order valence-electron chi connectivity index (χ4n) is 2.95. The Morgan fingerprint density at radius 1 is 1.48 bits per heavy atom. The molecule has 2 N–H and O–H groups in total. The van der Waals surface area contributed by atoms with Crippen molar-refractivity contribution in [3.8, 4) is 5.75 Å². The number of ether oxygens (including phenoxy) is 1. The molecule has 1 aromatic heterocycles. The highest BCUT2D eigenvalue weighted by molar-refractivity contribution is 7.09. The Balaban J connectivity index is 1.62. The van der Waals surface area contributed by atoms with Gasteiger partial charge < -0.3 is 15.4 Å². The van der Waals surface area contributed by atoms with Crippen LogP contribution in [0.1, 0.15) is 34.9 Å². The van der Waals surface area contributed by atoms with Gasteiger partial charge in [0, 0.05) is 23.5 Å². The number of rotatable bonds is 6. The Kier molecular flexibility index (Phi) is 5.33. The Morgan fingerprint density at radius 3 is 3.04 bits per heavy atom. The zero-order chi connectivity index (χ0) is 17.8. The molecule has 6 nitrogen and oxygen atoms in total. The highest BCUT2D eigenvalue weighted by Gasteiger charge is 2.30. The predicted octanol–water partition coefficient (Wildman–Crippen LogP) is 2.63. The van der Waals surface area contributed by atoms with E-state index in [1.807, 2.05) is 18.5 Å². The molecule has 0 fully saturated rings. The Morgan fingerprint density at radius 2 is 2.32 bits per heavy atom. The Hall–Kier alpha value is -2.41. The minimum atomic E-state index is -0.482. The topological polar surface area (TPSA) is 80.3 Å². The number of carbonyl (C=O) groups excluding carboxylic acids is 2. The Labute approximate surface area is 150 Å². The minimum Gasteiger partial charge on any atom is -0.497 e. The quantitative estimate of drug-likeness (QED) is 0.777. The summed E-state index contributed by atoms with van der Waals surface area (Å²) in [6.45, 7) is 2.57. The molecular weight excluding hydrogens is 338 g/mol. The molecule has 1 atom stereocenters. The van der Waals surface area contributed by atoms with Gasteiger partial charge in [0.2, 0.25) is 11.8 Å². The van der Waals surface area contributed by atoms with Gasteiger partial charge >= 0.3 is 0 Å². The van der Waals surface area contributed by atoms with Gasteiger partial charge in [0.15, 0.2) is 0 Å². The van der Waals surface area contributed by atoms with Crippen LogP contribution in [-0.2, 0) is 16.0 Å². The fraction of sp³-hybridized carbons (Fsp3) is 0.389. The highest BCUT2D eigenvalue weighted by atomic mass is 32.1. The van der Waals surface area contributed by atoms with E-state index in [1.54, 1.807) is 30.6 Å². The number of nitrogens with one attached hydrogen (secondary N) is 2. The summed E-state index contributed by atoms with van der Waals surface area (Å²) in [5, 5.41) is 5.77. The first-order valence-corrected chi connectivity index (χ1v) is 9.11. The van der Waals surface area contributed by atoms with E-state index in [4.69, 9.17) is 4.74 Å². The number of methoxy groups -OCH3 is 1. The molecule has 1 aliphatic heterocycles. The number of carbonyl (C=O) groups is 2. The lowest BCUT2D eigenvalue weighted by molar-refractivity contribution is -0.126. The lowest BCUT2D eigenvalue weighted by atomic mass is 9.89. The summed E-state index contributed by atoms with van der Waals surface area (Å²) in [5.41, 5.74) is 4.38. The standard InChI is InChI=1S/C18H21N3O3S/c1-11-16(25-10-20-11)4-3-7-19-18(23)14-9-17(22)21-15-6-5-12(24-2)8-13(14)15/h5-6,8,10,14H,3-4,7,9H2,1-2H3,(H,19,23)(H,21,22)/t14-/m0/s1. The molecular formula is C18H21N3O3S. The van der Waals surface area contributed by atoms with Gasteiger partial charge in [-0.1, -0.05) is 0 Å². The number of amides is 2. The van der Waals surface area contributed by atoms with E-state index in [1.165, 1.54) is 4.88 Å². The van der Waals surface area contributed by atoms with Crippen molar-refractivity contribution in [2.24, 2.45) is 0 Å². The monoisotopic (exact) mass is 359 g/mol. The van der Waals surface area contributed by atoms with E-state index in [-0.39, 0.29) is 18.2 Å². The van der Waals surface area contributed by atoms with Crippen LogP contribution in [0.5, 0.6) is 5.75 Å². The van der Waals surface area contributed by atoms with Gasteiger partial charge in [-0.25, -0.2) is 4.98 Å². The Bertz CT molecular complexity index is 788. The third kappa shape index (κ3) is 3.99. The van der Waals surface area contributed by atoms with Gasteiger partial charge in [-0.15, -0.1) is 11.3 Å². The summed E-state index contributed by atoms with van der Waals surface area (Å²) in [5.74, 6) is -0.0687. The number of hydrogen-bond acceptors (Lipinski definition) is 5. The van der Waals surface area contributed by atoms with Crippen molar-refractivity contribution in [3.63, 3.8) is 0 Å². The molecule has 2 heterocycles. The molecule has 0 bridgehead atoms. The molecule has 1 aromatic carbocycles. The van der Waals surface area contributed by atoms with Crippen LogP contribution in [0.25, 0.3) is 0 Å². The second-order valence-electron chi connectivity index (χ2n) is 6.01. The van der Waals surface area contributed by atoms with Crippen LogP contribution >= 0.6 is 11.3 Å². The van der Waals surface area contributed by atoms with Crippen molar-refractivity contribution >= 4 is 28.8 Å². The lowest BCUT2D eigenvalue weighted by Crippen LogP contribution is -2.35. The largest absolute Gasteiger partial charge is 0.497 e. The molecule has 0 saturated heterocycles. The minimum absolute atomic E-state index is 0.120. The number of benzene rings is 1. The molecule has 2 amide bonds. The van der Waals surface area contributed by atoms with Crippen LogP contribution in [0.4, 0.5) is 5.69 Å². The van der Waals surface area contributed by atoms with Crippen molar-refractivity contribution in [1.82, 2.24) is 10.3 Å². The molecule has 0 saturated carbocycles. The maximum Gasteiger partial charge on any atom is 0.228 e. The molecule has 0 unspecified atom stereocenters. The molecule has 3 rings (SSSR count). The number of nitrogens with zero attached hydrogens (tertiary/aromatic N) is 1. The summed E-state index contributed by atoms with van der Waals surface area (Å²) >= 11 is 1.64. The van der Waals surface area contributed by atoms with Gasteiger partial charge in [-0.3, -0.25) is 9.59 Å². The summed E-state index contributed by atoms with van der Waals surface area (Å²) in [6, 6.07) is 5.37. The maximum atomic E-state index is 12.6. The predicted molar refractivity (Wildman–Crippen MR) is 97.2 cm³/mol. The molecule has 2 aromatic rings. The average Bonchev–Trinajstić information content (AvgIpc) is 3.02. The van der Waals surface area contributed by atoms with E-state index in [0.29, 0.717) is 18.0 Å². The zero-order valence-electron chi connectivity index (χ0n) is 14.3. The fourth-order valence-corrected chi connectivity index (χ4v) is 3.77. The number of aryl methyl sites for hydroxylation is 2. The smallest absolute Gasteiger partial charge is 0.228 e. The maximum absolute atomic E-state index is 12.6. The number of thiazole rings is 1. The van der Waals surface area contributed by atoms with E-state index < -0.39 is 5.92 Å². The third-order valence-corrected chi connectivity index (χ3v) is 5.33. The molecule has 132 valence electrons. The molecule has 7 heteroatoms. The summed E-state index contributed by atoms with van der Waals surface area (Å²) in [6.07, 6.45) is 1.89. The van der Waals surface area contributed by atoms with E-state index in [0.717, 1.165) is 24.1 Å². The van der Waals surface area contributed by atoms with Gasteiger partial charge in [0.1, 0.15) is 5.75 Å². The van der Waals surface area contributed by atoms with E-state index in [2.05, 4.69) is 15.6 Å². The zero-order valence-corrected chi connectivity index (χ0v) is 15.1. The first-order valence-electron chi connectivity index (χ1n) is 8.23. The van der Waals surface area contributed by atoms with E-state index >= 15 is 0 Å². The van der Waals surface area contributed by atoms with Crippen molar-refractivity contribution < 1.29 is 14.3 Å². The number of aromatic nitrogens is 1. The molecule has 25 heavy (non-hydrogen) atoms. The van der Waals surface area contributed by atoms with Gasteiger partial charge in [0.25, 0.3) is 0 Å². The average molecular weight is 359 g/mol. The summed E-state index contributed by atoms with van der Waals surface area (Å²) in [4.78, 5) is 30.0. The number of hydrogen-bond donors (Lipinski definition) is 2. The normalized spacial score (nSPS) is 16.1. The van der Waals surface area contributed by atoms with Crippen LogP contribution in [0.2, 0.25) is 0 Å². The first kappa shape index (κ1) is 17.4. The highest BCUT2D eigenvalue weighted by Crippen LogP contribution is 2.35. The van der Waals surface area contributed by atoms with Gasteiger partial charge in [0.05, 0.1) is 24.2 Å². The van der Waals surface area contributed by atoms with Gasteiger partial charge in [-0.05, 0) is 43.5 Å². The molecule has 1 aliphatic rings. The molecule has 0 radical (unpaired) electrons. The van der Waals surface area contributed by atoms with E-state index in [9.17, 15) is 9.59 Å². The van der Waals surface area contributed by atoms with Gasteiger partial charge in [-0.2, -0.15) is 0 Å². The van der Waals surface area contributed by atoms with Crippen LogP contribution in [0.3, 0.4) is 0 Å². The van der Waals surface area contributed by atoms with Crippen LogP contribution in [0, 0.1) is 6.92 Å². The van der Waals surface area contributed by atoms with Crippen molar-refractivity contribution in [2.45, 2.75) is 32.1 Å².